The van der Waals surface area contributed by atoms with Gasteiger partial charge in [0.05, 0.1) is 19.3 Å². The zero-order valence-electron chi connectivity index (χ0n) is 22.3. The second kappa shape index (κ2) is 10.8. The Morgan fingerprint density at radius 1 is 0.978 bits per heavy atom. The van der Waals surface area contributed by atoms with Crippen LogP contribution in [0, 0.1) is 0 Å². The van der Waals surface area contributed by atoms with Gasteiger partial charge in [0, 0.05) is 0 Å². The van der Waals surface area contributed by atoms with Crippen molar-refractivity contribution in [3.05, 3.63) is 29.3 Å². The van der Waals surface area contributed by atoms with Gasteiger partial charge in [-0.05, 0) is 0 Å². The monoisotopic (exact) mass is 676 g/mol. The Hall–Kier alpha value is -3.47. The van der Waals surface area contributed by atoms with Crippen LogP contribution in [0.5, 0.6) is 0 Å². The highest BCUT2D eigenvalue weighted by Gasteiger charge is 2.54. The van der Waals surface area contributed by atoms with Crippen LogP contribution in [0.3, 0.4) is 0 Å². The van der Waals surface area contributed by atoms with Crippen LogP contribution in [0.15, 0.2) is 23.8 Å². The van der Waals surface area contributed by atoms with Crippen LogP contribution in [0.1, 0.15) is 12.5 Å². The van der Waals surface area contributed by atoms with Crippen LogP contribution in [0.2, 0.25) is 0 Å². The molecule has 7 rings (SSSR count). The first kappa shape index (κ1) is 30.2. The van der Waals surface area contributed by atoms with E-state index in [0.29, 0.717) is 0 Å². The molecule has 10 atom stereocenters. The molecule has 0 amide bonds. The molecule has 7 heterocycles. The predicted molar refractivity (Wildman–Crippen MR) is 142 cm³/mol. The van der Waals surface area contributed by atoms with Gasteiger partial charge in [-0.1, -0.05) is 0 Å². The quantitative estimate of drug-likeness (QED) is 0.133. The lowest BCUT2D eigenvalue weighted by atomic mass is 10.1. The smallest absolute Gasteiger partial charge is 0.385 e. The first-order chi connectivity index (χ1) is 21.3. The molecule has 0 radical (unpaired) electrons. The van der Waals surface area contributed by atoms with E-state index < -0.39 is 83.3 Å². The van der Waals surface area contributed by atoms with Gasteiger partial charge in [-0.15, -0.1) is 0 Å². The lowest BCUT2D eigenvalue weighted by Crippen LogP contribution is -2.35. The van der Waals surface area contributed by atoms with Crippen molar-refractivity contribution in [3.63, 3.8) is 0 Å². The second-order valence-corrected chi connectivity index (χ2v) is 13.2. The highest BCUT2D eigenvalue weighted by molar-refractivity contribution is 7.52. The molecular weight excluding hydrogens is 653 g/mol. The van der Waals surface area contributed by atoms with E-state index in [2.05, 4.69) is 29.9 Å². The lowest BCUT2D eigenvalue weighted by molar-refractivity contribution is -0.168. The van der Waals surface area contributed by atoms with E-state index in [-0.39, 0.29) is 34.1 Å². The fourth-order valence-corrected chi connectivity index (χ4v) is 7.16. The maximum atomic E-state index is 15.9. The molecule has 0 aliphatic carbocycles. The minimum atomic E-state index is -5.17. The average molecular weight is 676 g/mol. The van der Waals surface area contributed by atoms with Crippen LogP contribution in [0.4, 0.5) is 16.2 Å². The third-order valence-corrected chi connectivity index (χ3v) is 9.20. The molecule has 0 aromatic carbocycles. The number of nitrogen functional groups attached to an aromatic ring is 2. The predicted octanol–water partition coefficient (Wildman–Crippen LogP) is -1.36. The van der Waals surface area contributed by atoms with Gasteiger partial charge in [0.15, 0.2) is 53.9 Å². The molecule has 8 N–H and O–H groups in total. The number of alkyl halides is 1. The van der Waals surface area contributed by atoms with Crippen molar-refractivity contribution in [1.29, 1.82) is 0 Å². The minimum Gasteiger partial charge on any atom is -0.385 e. The number of nitrogens with two attached hydrogens (primary N) is 2. The largest absolute Gasteiger partial charge is 0.472 e. The maximum absolute atomic E-state index is 15.9. The Labute approximate surface area is 248 Å². The molecule has 2 bridgehead atoms. The SMILES string of the molecule is Nc1nc2c(ncn2[C@@H]2O[C@@H]3OCP(=O)(O)O[C@H]4[C@@H](F)[C@H](n5cnc6c(N)ncnc65)O[C@@H]4COP(=O)(O)O[C@@H]2[C@@H]3O)c(=O)[nH]1. The van der Waals surface area contributed by atoms with E-state index in [1.54, 1.807) is 0 Å². The molecule has 4 aromatic rings. The zero-order chi connectivity index (χ0) is 31.8. The summed E-state index contributed by atoms with van der Waals surface area (Å²) in [6.45, 7) is -0.904. The van der Waals surface area contributed by atoms with Crippen molar-refractivity contribution < 1.29 is 56.2 Å². The van der Waals surface area contributed by atoms with Gasteiger partial charge in [-0.2, -0.15) is 4.98 Å². The second-order valence-electron chi connectivity index (χ2n) is 10.1. The number of anilines is 2. The summed E-state index contributed by atoms with van der Waals surface area (Å²) in [5.41, 5.74) is 10.6. The lowest BCUT2D eigenvalue weighted by Gasteiger charge is -2.25. The summed E-state index contributed by atoms with van der Waals surface area (Å²) in [6, 6.07) is 0. The van der Waals surface area contributed by atoms with E-state index in [0.717, 1.165) is 28.1 Å². The summed E-state index contributed by atoms with van der Waals surface area (Å²) in [5, 5.41) is 10.9. The topological polar surface area (TPSA) is 309 Å². The Kier molecular flexibility index (Phi) is 7.26. The molecule has 45 heavy (non-hydrogen) atoms. The molecule has 22 nitrogen and oxygen atoms in total. The number of aromatic amines is 1. The van der Waals surface area contributed by atoms with Gasteiger partial charge in [-0.25, -0.2) is 28.9 Å². The Morgan fingerprint density at radius 2 is 1.71 bits per heavy atom. The first-order valence-electron chi connectivity index (χ1n) is 12.9. The Bertz CT molecular complexity index is 1940. The van der Waals surface area contributed by atoms with Crippen LogP contribution in [0.25, 0.3) is 22.3 Å². The van der Waals surface area contributed by atoms with Gasteiger partial charge in [0.1, 0.15) is 36.3 Å². The fourth-order valence-electron chi connectivity index (χ4n) is 5.20. The summed E-state index contributed by atoms with van der Waals surface area (Å²) < 4.78 is 76.6. The highest BCUT2D eigenvalue weighted by Crippen LogP contribution is 2.53. The molecule has 0 saturated carbocycles. The van der Waals surface area contributed by atoms with Crippen LogP contribution in [-0.2, 0) is 36.9 Å². The summed E-state index contributed by atoms with van der Waals surface area (Å²) in [6.07, 6.45) is -12.0. The molecule has 3 fully saturated rings. The van der Waals surface area contributed by atoms with E-state index in [1.165, 1.54) is 0 Å². The van der Waals surface area contributed by atoms with Gasteiger partial charge < -0.3 is 40.6 Å². The maximum Gasteiger partial charge on any atom is 0.472 e. The third kappa shape index (κ3) is 5.30. The van der Waals surface area contributed by atoms with Crippen molar-refractivity contribution in [2.45, 2.75) is 49.3 Å². The van der Waals surface area contributed by atoms with Crippen molar-refractivity contribution in [1.82, 2.24) is 39.0 Å². The Balaban J connectivity index is 1.21. The number of hydrogen-bond acceptors (Lipinski definition) is 17. The average Bonchev–Trinajstić information content (AvgIpc) is 3.72. The molecular formula is C20H23FN10O12P2. The van der Waals surface area contributed by atoms with E-state index >= 15 is 4.39 Å². The number of ether oxygens (including phenoxy) is 3. The van der Waals surface area contributed by atoms with Crippen molar-refractivity contribution >= 4 is 49.5 Å². The van der Waals surface area contributed by atoms with Crippen molar-refractivity contribution in [2.75, 3.05) is 24.4 Å². The molecule has 242 valence electrons. The van der Waals surface area contributed by atoms with Crippen molar-refractivity contribution in [2.24, 2.45) is 0 Å². The number of imidazole rings is 2. The molecule has 2 unspecified atom stereocenters. The zero-order valence-corrected chi connectivity index (χ0v) is 24.1. The summed E-state index contributed by atoms with van der Waals surface area (Å²) in [5.74, 6) is -0.304. The number of rotatable bonds is 2. The fraction of sp³-hybridized carbons (Fsp3) is 0.500. The summed E-state index contributed by atoms with van der Waals surface area (Å²) >= 11 is 0. The number of phosphoric ester groups is 1. The Morgan fingerprint density at radius 3 is 2.49 bits per heavy atom. The van der Waals surface area contributed by atoms with E-state index in [9.17, 15) is 28.8 Å². The first-order valence-corrected chi connectivity index (χ1v) is 16.1. The number of halogens is 1. The van der Waals surface area contributed by atoms with Crippen LogP contribution in [-0.4, -0.2) is 104 Å². The number of fused-ring (bicyclic) bond motifs is 5. The third-order valence-electron chi connectivity index (χ3n) is 7.17. The van der Waals surface area contributed by atoms with E-state index in [1.807, 2.05) is 0 Å². The molecule has 3 saturated heterocycles. The number of nitrogens with zero attached hydrogens (tertiary/aromatic N) is 7. The van der Waals surface area contributed by atoms with Crippen LogP contribution < -0.4 is 17.0 Å². The number of aliphatic hydroxyl groups is 1. The normalized spacial score (nSPS) is 37.7. The molecule has 25 heteroatoms. The molecule has 3 aliphatic heterocycles. The number of H-pyrrole nitrogens is 1. The van der Waals surface area contributed by atoms with Crippen LogP contribution >= 0.6 is 15.4 Å². The van der Waals surface area contributed by atoms with E-state index in [4.69, 9.17) is 39.2 Å². The molecule has 4 aromatic heterocycles. The standard InChI is InChI=1S/C20H23FN10O12P2/c21-7-11-6(40-17(7)30-3-26-8-13(22)24-2-25-14(8)30)1-39-45(36,37)43-12-10(32)19(38-5-44(34,35)42-11)41-18(12)31-4-27-9-15(31)28-20(23)29-16(9)33/h2-4,6-7,10-12,17-19,32H,1,5H2,(H,34,35)(H,36,37)(H2,22,24,25)(H3,23,28,29,33)/t6-,7-,10+,11-,12-,17-,18-,19+/m1/s1. The molecule has 3 aliphatic rings. The minimum absolute atomic E-state index is 0.00301. The number of hydrogen-bond donors (Lipinski definition) is 6. The van der Waals surface area contributed by atoms with Crippen molar-refractivity contribution in [3.8, 4) is 0 Å². The number of nitrogens with one attached hydrogen (secondary N) is 1. The molecule has 0 spiro atoms. The van der Waals surface area contributed by atoms with Gasteiger partial charge in [0.2, 0.25) is 5.95 Å². The van der Waals surface area contributed by atoms with Gasteiger partial charge in [-0.3, -0.25) is 37.0 Å². The number of aliphatic hydroxyl groups excluding tert-OH is 1. The number of aromatic nitrogens is 8. The highest BCUT2D eigenvalue weighted by atomic mass is 31.2. The van der Waals surface area contributed by atoms with Gasteiger partial charge >= 0.3 is 15.4 Å². The summed E-state index contributed by atoms with van der Waals surface area (Å²) in [7, 11) is -10.0. The number of phosphoric acid groups is 1. The summed E-state index contributed by atoms with van der Waals surface area (Å²) in [4.78, 5) is 55.6. The van der Waals surface area contributed by atoms with Gasteiger partial charge in [0.25, 0.3) is 5.56 Å².